The number of aliphatic carboxylic acids is 1. The van der Waals surface area contributed by atoms with Crippen LogP contribution in [0.1, 0.15) is 48.7 Å². The first-order valence-corrected chi connectivity index (χ1v) is 11.1. The standard InChI is InChI=1S/C22H28O2S2/c23-22(24)14-8-7-13-21(26-18-20-11-5-2-6-12-20)15-16-25-17-19-9-3-1-4-10-19/h1-6,9-12,21H,7-8,13-18H2,(H,23,24)/i3D,4D,9D,10D. The van der Waals surface area contributed by atoms with Crippen LogP contribution >= 0.6 is 23.5 Å². The second kappa shape index (κ2) is 12.9. The molecule has 0 aliphatic heterocycles. The molecule has 1 atom stereocenters. The van der Waals surface area contributed by atoms with E-state index in [0.717, 1.165) is 30.8 Å². The predicted octanol–water partition coefficient (Wildman–Crippen LogP) is 6.26. The van der Waals surface area contributed by atoms with Crippen molar-refractivity contribution >= 4 is 29.5 Å². The van der Waals surface area contributed by atoms with Gasteiger partial charge in [-0.2, -0.15) is 23.5 Å². The molecule has 0 radical (unpaired) electrons. The zero-order valence-electron chi connectivity index (χ0n) is 18.9. The quantitative estimate of drug-likeness (QED) is 0.408. The maximum Gasteiger partial charge on any atom is 0.303 e. The summed E-state index contributed by atoms with van der Waals surface area (Å²) >= 11 is 3.53. The Kier molecular flexibility index (Phi) is 7.75. The third-order valence-electron chi connectivity index (χ3n) is 3.92. The molecule has 140 valence electrons. The summed E-state index contributed by atoms with van der Waals surface area (Å²) < 4.78 is 31.5. The van der Waals surface area contributed by atoms with Gasteiger partial charge in [0, 0.05) is 23.2 Å². The lowest BCUT2D eigenvalue weighted by Gasteiger charge is -2.16. The topological polar surface area (TPSA) is 37.3 Å². The summed E-state index contributed by atoms with van der Waals surface area (Å²) in [4.78, 5) is 10.7. The molecule has 0 spiro atoms. The van der Waals surface area contributed by atoms with Crippen molar-refractivity contribution in [3.8, 4) is 0 Å². The highest BCUT2D eigenvalue weighted by atomic mass is 32.2. The highest BCUT2D eigenvalue weighted by Gasteiger charge is 2.10. The van der Waals surface area contributed by atoms with Crippen molar-refractivity contribution in [2.45, 2.75) is 48.9 Å². The molecule has 2 nitrogen and oxygen atoms in total. The van der Waals surface area contributed by atoms with Gasteiger partial charge in [-0.25, -0.2) is 0 Å². The monoisotopic (exact) mass is 392 g/mol. The van der Waals surface area contributed by atoms with E-state index in [9.17, 15) is 4.79 Å². The van der Waals surface area contributed by atoms with E-state index in [0.29, 0.717) is 23.0 Å². The van der Waals surface area contributed by atoms with E-state index >= 15 is 0 Å². The van der Waals surface area contributed by atoms with Gasteiger partial charge in [-0.3, -0.25) is 4.79 Å². The SMILES string of the molecule is [2H]c1cc([2H])c([2H])c(CSCCC(CCCCC(=O)O)SCc2ccccc2)c1[2H]. The second-order valence-corrected chi connectivity index (χ2v) is 8.45. The zero-order chi connectivity index (χ0) is 21.9. The van der Waals surface area contributed by atoms with Crippen LogP contribution in [0.5, 0.6) is 0 Å². The Hall–Kier alpha value is -1.39. The van der Waals surface area contributed by atoms with E-state index in [1.807, 2.05) is 30.0 Å². The molecule has 2 aromatic carbocycles. The minimum Gasteiger partial charge on any atom is -0.481 e. The Balaban J connectivity index is 1.86. The van der Waals surface area contributed by atoms with Gasteiger partial charge in [0.15, 0.2) is 0 Å². The number of carboxylic acid groups (broad SMARTS) is 1. The second-order valence-electron chi connectivity index (χ2n) is 6.06. The molecule has 0 saturated carbocycles. The molecule has 0 saturated heterocycles. The van der Waals surface area contributed by atoms with Gasteiger partial charge >= 0.3 is 5.97 Å². The van der Waals surface area contributed by atoms with Gasteiger partial charge in [0.2, 0.25) is 0 Å². The first-order valence-electron chi connectivity index (χ1n) is 10.9. The Morgan fingerprint density at radius 3 is 2.50 bits per heavy atom. The molecule has 0 aromatic heterocycles. The Labute approximate surface area is 171 Å². The lowest BCUT2D eigenvalue weighted by Crippen LogP contribution is -2.06. The first-order chi connectivity index (χ1) is 14.4. The van der Waals surface area contributed by atoms with Gasteiger partial charge in [0.05, 0.1) is 5.48 Å². The van der Waals surface area contributed by atoms with Crippen molar-refractivity contribution in [2.75, 3.05) is 5.75 Å². The minimum absolute atomic E-state index is 0.00123. The van der Waals surface area contributed by atoms with Gasteiger partial charge < -0.3 is 5.11 Å². The van der Waals surface area contributed by atoms with Gasteiger partial charge in [0.1, 0.15) is 0 Å². The van der Waals surface area contributed by atoms with Gasteiger partial charge in [-0.05, 0) is 36.1 Å². The van der Waals surface area contributed by atoms with Crippen LogP contribution in [0.15, 0.2) is 60.6 Å². The lowest BCUT2D eigenvalue weighted by atomic mass is 10.1. The number of thioether (sulfide) groups is 2. The predicted molar refractivity (Wildman–Crippen MR) is 115 cm³/mol. The van der Waals surface area contributed by atoms with Crippen molar-refractivity contribution in [2.24, 2.45) is 0 Å². The van der Waals surface area contributed by atoms with Gasteiger partial charge in [-0.1, -0.05) is 67.0 Å². The van der Waals surface area contributed by atoms with E-state index in [2.05, 4.69) is 12.1 Å². The maximum absolute atomic E-state index is 10.7. The van der Waals surface area contributed by atoms with Crippen LogP contribution in [-0.4, -0.2) is 22.1 Å². The fraction of sp³-hybridized carbons (Fsp3) is 0.409. The molecule has 1 unspecified atom stereocenters. The number of hydrogen-bond acceptors (Lipinski definition) is 3. The van der Waals surface area contributed by atoms with Crippen LogP contribution in [0.3, 0.4) is 0 Å². The maximum atomic E-state index is 10.7. The summed E-state index contributed by atoms with van der Waals surface area (Å²) in [7, 11) is 0. The number of carbonyl (C=O) groups is 1. The number of benzene rings is 2. The van der Waals surface area contributed by atoms with Crippen LogP contribution < -0.4 is 0 Å². The lowest BCUT2D eigenvalue weighted by molar-refractivity contribution is -0.137. The molecule has 26 heavy (non-hydrogen) atoms. The van der Waals surface area contributed by atoms with Crippen molar-refractivity contribution in [1.82, 2.24) is 0 Å². The van der Waals surface area contributed by atoms with Gasteiger partial charge in [-0.15, -0.1) is 0 Å². The summed E-state index contributed by atoms with van der Waals surface area (Å²) in [6.45, 7) is 0. The summed E-state index contributed by atoms with van der Waals surface area (Å²) in [6, 6.07) is 11.6. The summed E-state index contributed by atoms with van der Waals surface area (Å²) in [5.74, 6) is 1.50. The third kappa shape index (κ3) is 9.35. The Bertz CT molecular complexity index is 792. The molecule has 1 N–H and O–H groups in total. The smallest absolute Gasteiger partial charge is 0.303 e. The van der Waals surface area contributed by atoms with E-state index in [1.54, 1.807) is 11.8 Å². The van der Waals surface area contributed by atoms with Crippen LogP contribution in [0.2, 0.25) is 0 Å². The molecule has 2 rings (SSSR count). The van der Waals surface area contributed by atoms with E-state index in [1.165, 1.54) is 11.6 Å². The molecular weight excluding hydrogens is 360 g/mol. The largest absolute Gasteiger partial charge is 0.481 e. The molecule has 0 bridgehead atoms. The molecule has 4 heteroatoms. The average Bonchev–Trinajstić information content (AvgIpc) is 2.73. The summed E-state index contributed by atoms with van der Waals surface area (Å²) in [6.07, 6.45) is 3.72. The molecule has 2 aromatic rings. The normalized spacial score (nSPS) is 14.2. The fourth-order valence-corrected chi connectivity index (χ4v) is 4.85. The number of unbranched alkanes of at least 4 members (excludes halogenated alkanes) is 1. The van der Waals surface area contributed by atoms with Crippen molar-refractivity contribution in [3.05, 3.63) is 71.7 Å². The molecule has 0 heterocycles. The van der Waals surface area contributed by atoms with Crippen molar-refractivity contribution in [3.63, 3.8) is 0 Å². The van der Waals surface area contributed by atoms with Crippen molar-refractivity contribution in [1.29, 1.82) is 0 Å². The van der Waals surface area contributed by atoms with E-state index in [-0.39, 0.29) is 30.6 Å². The van der Waals surface area contributed by atoms with Crippen LogP contribution in [-0.2, 0) is 16.3 Å². The Morgan fingerprint density at radius 2 is 1.77 bits per heavy atom. The van der Waals surface area contributed by atoms with Crippen LogP contribution in [0, 0.1) is 0 Å². The summed E-state index contributed by atoms with van der Waals surface area (Å²) in [5.41, 5.74) is 1.74. The number of rotatable bonds is 13. The summed E-state index contributed by atoms with van der Waals surface area (Å²) in [5, 5.41) is 9.25. The number of hydrogen-bond donors (Lipinski definition) is 1. The zero-order valence-corrected chi connectivity index (χ0v) is 16.5. The van der Waals surface area contributed by atoms with E-state index < -0.39 is 5.97 Å². The van der Waals surface area contributed by atoms with Crippen LogP contribution in [0.4, 0.5) is 0 Å². The molecule has 0 fully saturated rings. The average molecular weight is 393 g/mol. The van der Waals surface area contributed by atoms with Crippen molar-refractivity contribution < 1.29 is 15.4 Å². The highest BCUT2D eigenvalue weighted by Crippen LogP contribution is 2.27. The molecule has 0 aliphatic carbocycles. The Morgan fingerprint density at radius 1 is 1.00 bits per heavy atom. The van der Waals surface area contributed by atoms with Gasteiger partial charge in [0.25, 0.3) is 0 Å². The van der Waals surface area contributed by atoms with Crippen LogP contribution in [0.25, 0.3) is 0 Å². The molecule has 0 amide bonds. The molecule has 0 aliphatic rings. The minimum atomic E-state index is -0.748. The fourth-order valence-electron chi connectivity index (χ4n) is 2.52. The first kappa shape index (κ1) is 15.6. The van der Waals surface area contributed by atoms with E-state index in [4.69, 9.17) is 10.6 Å². The molecular formula is C22H28O2S2. The third-order valence-corrected chi connectivity index (χ3v) is 6.38. The number of carboxylic acids is 1. The highest BCUT2D eigenvalue weighted by molar-refractivity contribution is 7.99.